The van der Waals surface area contributed by atoms with Crippen molar-refractivity contribution in [2.45, 2.75) is 26.0 Å². The predicted octanol–water partition coefficient (Wildman–Crippen LogP) is 4.22. The Morgan fingerprint density at radius 3 is 2.74 bits per heavy atom. The number of likely N-dealkylation sites (tertiary alicyclic amines) is 1. The van der Waals surface area contributed by atoms with Crippen molar-refractivity contribution in [2.75, 3.05) is 33.7 Å². The first-order chi connectivity index (χ1) is 12.4. The van der Waals surface area contributed by atoms with Crippen LogP contribution in [0.3, 0.4) is 0 Å². The smallest absolute Gasteiger partial charge is 0.387 e. The number of guanidine groups is 1. The van der Waals surface area contributed by atoms with E-state index < -0.39 is 6.61 Å². The van der Waals surface area contributed by atoms with E-state index in [4.69, 9.17) is 23.2 Å². The highest BCUT2D eigenvalue weighted by Gasteiger charge is 2.18. The zero-order valence-corrected chi connectivity index (χ0v) is 19.1. The molecule has 10 heteroatoms. The van der Waals surface area contributed by atoms with E-state index in [0.29, 0.717) is 22.5 Å². The fourth-order valence-corrected chi connectivity index (χ4v) is 3.63. The molecular formula is C17H25Cl2F2IN4O. The van der Waals surface area contributed by atoms with Crippen LogP contribution < -0.4 is 15.4 Å². The number of benzene rings is 1. The molecule has 1 aromatic carbocycles. The molecule has 0 amide bonds. The maximum Gasteiger partial charge on any atom is 0.387 e. The number of aliphatic imine (C=N–C) groups is 1. The molecule has 1 aromatic rings. The monoisotopic (exact) mass is 536 g/mol. The van der Waals surface area contributed by atoms with Gasteiger partial charge in [-0.2, -0.15) is 8.78 Å². The van der Waals surface area contributed by atoms with Gasteiger partial charge in [0.2, 0.25) is 0 Å². The maximum atomic E-state index is 12.6. The maximum absolute atomic E-state index is 12.6. The van der Waals surface area contributed by atoms with Crippen molar-refractivity contribution in [1.29, 1.82) is 0 Å². The van der Waals surface area contributed by atoms with Gasteiger partial charge in [0.05, 0.1) is 5.02 Å². The minimum atomic E-state index is -2.96. The summed E-state index contributed by atoms with van der Waals surface area (Å²) in [6.07, 6.45) is 2.36. The van der Waals surface area contributed by atoms with Crippen molar-refractivity contribution in [1.82, 2.24) is 15.5 Å². The van der Waals surface area contributed by atoms with E-state index >= 15 is 0 Å². The van der Waals surface area contributed by atoms with Crippen LogP contribution in [-0.4, -0.2) is 51.2 Å². The molecule has 0 aromatic heterocycles. The molecule has 1 heterocycles. The zero-order valence-electron chi connectivity index (χ0n) is 15.3. The van der Waals surface area contributed by atoms with Gasteiger partial charge in [-0.05, 0) is 44.5 Å². The first-order valence-corrected chi connectivity index (χ1v) is 9.20. The van der Waals surface area contributed by atoms with Gasteiger partial charge in [-0.3, -0.25) is 4.99 Å². The van der Waals surface area contributed by atoms with Gasteiger partial charge in [0.1, 0.15) is 5.75 Å². The van der Waals surface area contributed by atoms with Gasteiger partial charge in [-0.1, -0.05) is 23.2 Å². The molecule has 0 saturated carbocycles. The summed E-state index contributed by atoms with van der Waals surface area (Å²) in [7, 11) is 3.77. The second-order valence-electron chi connectivity index (χ2n) is 6.33. The van der Waals surface area contributed by atoms with E-state index in [-0.39, 0.29) is 41.3 Å². The normalized spacial score (nSPS) is 18.2. The molecule has 2 N–H and O–H groups in total. The quantitative estimate of drug-likeness (QED) is 0.325. The third-order valence-corrected chi connectivity index (χ3v) is 4.74. The number of hydrogen-bond donors (Lipinski definition) is 2. The third-order valence-electron chi connectivity index (χ3n) is 4.24. The molecule has 1 saturated heterocycles. The van der Waals surface area contributed by atoms with Crippen LogP contribution in [0.1, 0.15) is 18.4 Å². The SMILES string of the molecule is CN=C(NCc1cc(Cl)cc(Cl)c1OC(F)F)NCC1CCCN(C)C1.I. The lowest BCUT2D eigenvalue weighted by Crippen LogP contribution is -2.43. The van der Waals surface area contributed by atoms with E-state index in [0.717, 1.165) is 19.6 Å². The van der Waals surface area contributed by atoms with Crippen LogP contribution >= 0.6 is 47.2 Å². The second kappa shape index (κ2) is 12.1. The lowest BCUT2D eigenvalue weighted by Gasteiger charge is -2.30. The number of nitrogens with one attached hydrogen (secondary N) is 2. The Balaban J connectivity index is 0.00000364. The van der Waals surface area contributed by atoms with Gasteiger partial charge < -0.3 is 20.3 Å². The Hall–Kier alpha value is -0.580. The van der Waals surface area contributed by atoms with E-state index in [1.807, 2.05) is 0 Å². The fraction of sp³-hybridized carbons (Fsp3) is 0.588. The molecule has 2 rings (SSSR count). The molecule has 27 heavy (non-hydrogen) atoms. The number of alkyl halides is 2. The molecular weight excluding hydrogens is 512 g/mol. The molecule has 1 aliphatic rings. The number of ether oxygens (including phenoxy) is 1. The van der Waals surface area contributed by atoms with E-state index in [2.05, 4.69) is 32.3 Å². The Bertz CT molecular complexity index is 637. The van der Waals surface area contributed by atoms with Crippen LogP contribution in [-0.2, 0) is 6.54 Å². The fourth-order valence-electron chi connectivity index (χ4n) is 3.05. The van der Waals surface area contributed by atoms with Crippen molar-refractivity contribution >= 4 is 53.1 Å². The molecule has 1 unspecified atom stereocenters. The van der Waals surface area contributed by atoms with Crippen molar-refractivity contribution in [2.24, 2.45) is 10.9 Å². The van der Waals surface area contributed by atoms with Crippen LogP contribution in [0.5, 0.6) is 5.75 Å². The average molecular weight is 537 g/mol. The van der Waals surface area contributed by atoms with Gasteiger partial charge in [-0.15, -0.1) is 24.0 Å². The Kier molecular flexibility index (Phi) is 10.9. The van der Waals surface area contributed by atoms with Crippen LogP contribution in [0.4, 0.5) is 8.78 Å². The van der Waals surface area contributed by atoms with Crippen molar-refractivity contribution in [3.63, 3.8) is 0 Å². The summed E-state index contributed by atoms with van der Waals surface area (Å²) in [5, 5.41) is 6.76. The lowest BCUT2D eigenvalue weighted by molar-refractivity contribution is -0.0504. The van der Waals surface area contributed by atoms with Gasteiger partial charge >= 0.3 is 6.61 Å². The highest BCUT2D eigenvalue weighted by Crippen LogP contribution is 2.33. The Morgan fingerprint density at radius 2 is 2.11 bits per heavy atom. The molecule has 154 valence electrons. The standard InChI is InChI=1S/C17H24Cl2F2N4O.HI/c1-22-17(23-8-11-4-3-5-25(2)10-11)24-9-12-6-13(18)7-14(19)15(12)26-16(20)21;/h6-7,11,16H,3-5,8-10H2,1-2H3,(H2,22,23,24);1H. The summed E-state index contributed by atoms with van der Waals surface area (Å²) in [5.74, 6) is 1.05. The zero-order chi connectivity index (χ0) is 19.1. The summed E-state index contributed by atoms with van der Waals surface area (Å²) in [5.41, 5.74) is 0.433. The Morgan fingerprint density at radius 1 is 1.37 bits per heavy atom. The first kappa shape index (κ1) is 24.5. The van der Waals surface area contributed by atoms with Gasteiger partial charge in [0.25, 0.3) is 0 Å². The number of hydrogen-bond acceptors (Lipinski definition) is 3. The summed E-state index contributed by atoms with van der Waals surface area (Å²) in [6.45, 7) is 0.201. The molecule has 5 nitrogen and oxygen atoms in total. The van der Waals surface area contributed by atoms with Crippen LogP contribution in [0.15, 0.2) is 17.1 Å². The number of nitrogens with zero attached hydrogens (tertiary/aromatic N) is 2. The minimum Gasteiger partial charge on any atom is -0.433 e. The van der Waals surface area contributed by atoms with Crippen LogP contribution in [0.2, 0.25) is 10.0 Å². The van der Waals surface area contributed by atoms with E-state index in [1.54, 1.807) is 13.1 Å². The lowest BCUT2D eigenvalue weighted by atomic mass is 9.99. The van der Waals surface area contributed by atoms with Crippen molar-refractivity contribution < 1.29 is 13.5 Å². The highest BCUT2D eigenvalue weighted by molar-refractivity contribution is 14.0. The van der Waals surface area contributed by atoms with Crippen molar-refractivity contribution in [3.05, 3.63) is 27.7 Å². The van der Waals surface area contributed by atoms with Crippen LogP contribution in [0.25, 0.3) is 0 Å². The van der Waals surface area contributed by atoms with Gasteiger partial charge in [0.15, 0.2) is 5.96 Å². The Labute approximate surface area is 185 Å². The van der Waals surface area contributed by atoms with Gasteiger partial charge in [-0.25, -0.2) is 0 Å². The third kappa shape index (κ3) is 8.13. The van der Waals surface area contributed by atoms with E-state index in [9.17, 15) is 8.78 Å². The number of halogens is 5. The molecule has 1 fully saturated rings. The largest absolute Gasteiger partial charge is 0.433 e. The molecule has 0 aliphatic carbocycles. The summed E-state index contributed by atoms with van der Waals surface area (Å²) in [4.78, 5) is 6.48. The van der Waals surface area contributed by atoms with E-state index in [1.165, 1.54) is 18.9 Å². The molecule has 0 bridgehead atoms. The molecule has 0 spiro atoms. The first-order valence-electron chi connectivity index (χ1n) is 8.44. The predicted molar refractivity (Wildman–Crippen MR) is 117 cm³/mol. The molecule has 0 radical (unpaired) electrons. The summed E-state index contributed by atoms with van der Waals surface area (Å²) >= 11 is 12.0. The number of piperidine rings is 1. The highest BCUT2D eigenvalue weighted by atomic mass is 127. The second-order valence-corrected chi connectivity index (χ2v) is 7.18. The van der Waals surface area contributed by atoms with Crippen molar-refractivity contribution in [3.8, 4) is 5.75 Å². The number of rotatable bonds is 6. The topological polar surface area (TPSA) is 48.9 Å². The molecule has 1 atom stereocenters. The average Bonchev–Trinajstić information content (AvgIpc) is 2.57. The summed E-state index contributed by atoms with van der Waals surface area (Å²) < 4.78 is 29.8. The minimum absolute atomic E-state index is 0. The van der Waals surface area contributed by atoms with Crippen LogP contribution in [0, 0.1) is 5.92 Å². The molecule has 1 aliphatic heterocycles. The summed E-state index contributed by atoms with van der Waals surface area (Å²) in [6, 6.07) is 2.92. The van der Waals surface area contributed by atoms with Gasteiger partial charge in [0, 0.05) is 37.3 Å².